The molecule has 0 bridgehead atoms. The van der Waals surface area contributed by atoms with Crippen LogP contribution in [0.1, 0.15) is 31.7 Å². The van der Waals surface area contributed by atoms with Crippen molar-refractivity contribution in [2.45, 2.75) is 33.1 Å². The molecule has 1 aromatic rings. The molecule has 5 heteroatoms. The fourth-order valence-corrected chi connectivity index (χ4v) is 2.89. The van der Waals surface area contributed by atoms with E-state index in [1.54, 1.807) is 18.2 Å². The number of hydrogen-bond donors (Lipinski definition) is 0. The maximum Gasteiger partial charge on any atom is 0.242 e. The Balaban J connectivity index is 2.15. The summed E-state index contributed by atoms with van der Waals surface area (Å²) in [5.41, 5.74) is 1.64. The summed E-state index contributed by atoms with van der Waals surface area (Å²) in [5.74, 6) is -0.120. The highest BCUT2D eigenvalue weighted by Gasteiger charge is 2.22. The molecule has 0 aromatic heterocycles. The third-order valence-electron chi connectivity index (χ3n) is 3.83. The molecule has 0 spiro atoms. The summed E-state index contributed by atoms with van der Waals surface area (Å²) in [7, 11) is 0. The first-order valence-corrected chi connectivity index (χ1v) is 7.69. The Labute approximate surface area is 130 Å². The van der Waals surface area contributed by atoms with E-state index in [-0.39, 0.29) is 18.4 Å². The van der Waals surface area contributed by atoms with E-state index in [2.05, 4.69) is 0 Å². The summed E-state index contributed by atoms with van der Waals surface area (Å²) >= 11 is 5.95. The molecular weight excluding hydrogens is 288 g/mol. The fourth-order valence-electron chi connectivity index (χ4n) is 2.67. The third-order valence-corrected chi connectivity index (χ3v) is 4.07. The Hall–Kier alpha value is -1.55. The highest BCUT2D eigenvalue weighted by molar-refractivity contribution is 6.30. The molecule has 1 aromatic carbocycles. The van der Waals surface area contributed by atoms with Gasteiger partial charge in [-0.2, -0.15) is 0 Å². The maximum absolute atomic E-state index is 12.4. The molecule has 21 heavy (non-hydrogen) atoms. The van der Waals surface area contributed by atoms with Gasteiger partial charge in [0.25, 0.3) is 0 Å². The zero-order valence-corrected chi connectivity index (χ0v) is 13.3. The van der Waals surface area contributed by atoms with Crippen LogP contribution in [0.15, 0.2) is 18.2 Å². The number of likely N-dealkylation sites (tertiary alicyclic amines) is 1. The second kappa shape index (κ2) is 6.94. The van der Waals surface area contributed by atoms with E-state index in [0.29, 0.717) is 5.02 Å². The van der Waals surface area contributed by atoms with Gasteiger partial charge in [0.05, 0.1) is 0 Å². The largest absolute Gasteiger partial charge is 0.341 e. The summed E-state index contributed by atoms with van der Waals surface area (Å²) in [6, 6.07) is 5.34. The molecule has 1 saturated heterocycles. The van der Waals surface area contributed by atoms with Crippen LogP contribution >= 0.6 is 11.6 Å². The van der Waals surface area contributed by atoms with E-state index < -0.39 is 0 Å². The lowest BCUT2D eigenvalue weighted by atomic mass is 10.1. The van der Waals surface area contributed by atoms with Crippen molar-refractivity contribution in [2.75, 3.05) is 24.5 Å². The SMILES string of the molecule is CC(=O)N(CC(=O)N1CCCCC1)c1ccc(Cl)cc1C. The number of aryl methyl sites for hydroxylation is 1. The standard InChI is InChI=1S/C16H21ClN2O2/c1-12-10-14(17)6-7-15(12)19(13(2)20)11-16(21)18-8-4-3-5-9-18/h6-7,10H,3-5,8-9,11H2,1-2H3. The van der Waals surface area contributed by atoms with E-state index in [4.69, 9.17) is 11.6 Å². The molecular formula is C16H21ClN2O2. The van der Waals surface area contributed by atoms with Gasteiger partial charge in [0.1, 0.15) is 6.54 Å². The van der Waals surface area contributed by atoms with Gasteiger partial charge < -0.3 is 9.80 Å². The van der Waals surface area contributed by atoms with Crippen LogP contribution in [-0.4, -0.2) is 36.3 Å². The topological polar surface area (TPSA) is 40.6 Å². The fraction of sp³-hybridized carbons (Fsp3) is 0.500. The van der Waals surface area contributed by atoms with E-state index >= 15 is 0 Å². The van der Waals surface area contributed by atoms with Crippen molar-refractivity contribution in [1.82, 2.24) is 4.90 Å². The Morgan fingerprint density at radius 1 is 1.24 bits per heavy atom. The molecule has 0 unspecified atom stereocenters. The van der Waals surface area contributed by atoms with E-state index in [9.17, 15) is 9.59 Å². The van der Waals surface area contributed by atoms with Crippen LogP contribution in [0.5, 0.6) is 0 Å². The van der Waals surface area contributed by atoms with Crippen molar-refractivity contribution in [3.63, 3.8) is 0 Å². The molecule has 2 amide bonds. The van der Waals surface area contributed by atoms with Crippen molar-refractivity contribution in [3.8, 4) is 0 Å². The minimum atomic E-state index is -0.134. The minimum Gasteiger partial charge on any atom is -0.341 e. The number of halogens is 1. The summed E-state index contributed by atoms with van der Waals surface area (Å²) in [6.07, 6.45) is 3.27. The number of benzene rings is 1. The highest BCUT2D eigenvalue weighted by atomic mass is 35.5. The molecule has 0 radical (unpaired) electrons. The first kappa shape index (κ1) is 15.8. The Kier molecular flexibility index (Phi) is 5.23. The zero-order chi connectivity index (χ0) is 15.4. The van der Waals surface area contributed by atoms with Gasteiger partial charge in [-0.1, -0.05) is 11.6 Å². The lowest BCUT2D eigenvalue weighted by Crippen LogP contribution is -2.44. The number of carbonyl (C=O) groups is 2. The van der Waals surface area contributed by atoms with Gasteiger partial charge in [0.2, 0.25) is 11.8 Å². The quantitative estimate of drug-likeness (QED) is 0.861. The van der Waals surface area contributed by atoms with Gasteiger partial charge >= 0.3 is 0 Å². The van der Waals surface area contributed by atoms with Crippen molar-refractivity contribution in [1.29, 1.82) is 0 Å². The number of carbonyl (C=O) groups excluding carboxylic acids is 2. The van der Waals surface area contributed by atoms with E-state index in [1.807, 2.05) is 11.8 Å². The number of amides is 2. The third kappa shape index (κ3) is 3.97. The van der Waals surface area contributed by atoms with Gasteiger partial charge in [0.15, 0.2) is 0 Å². The van der Waals surface area contributed by atoms with Crippen molar-refractivity contribution < 1.29 is 9.59 Å². The molecule has 1 heterocycles. The first-order chi connectivity index (χ1) is 9.99. The molecule has 4 nitrogen and oxygen atoms in total. The Morgan fingerprint density at radius 3 is 2.48 bits per heavy atom. The average molecular weight is 309 g/mol. The predicted octanol–water partition coefficient (Wildman–Crippen LogP) is 3.01. The summed E-state index contributed by atoms with van der Waals surface area (Å²) in [4.78, 5) is 27.7. The molecule has 0 N–H and O–H groups in total. The van der Waals surface area contributed by atoms with Crippen molar-refractivity contribution in [3.05, 3.63) is 28.8 Å². The molecule has 1 aliphatic rings. The van der Waals surface area contributed by atoms with Crippen LogP contribution in [0.3, 0.4) is 0 Å². The smallest absolute Gasteiger partial charge is 0.242 e. The Bertz CT molecular complexity index is 539. The van der Waals surface area contributed by atoms with Crippen molar-refractivity contribution >= 4 is 29.1 Å². The minimum absolute atomic E-state index is 0.0132. The highest BCUT2D eigenvalue weighted by Crippen LogP contribution is 2.24. The molecule has 1 fully saturated rings. The van der Waals surface area contributed by atoms with E-state index in [1.165, 1.54) is 18.2 Å². The molecule has 0 aliphatic carbocycles. The predicted molar refractivity (Wildman–Crippen MR) is 84.6 cm³/mol. The summed E-state index contributed by atoms with van der Waals surface area (Å²) in [6.45, 7) is 5.06. The van der Waals surface area contributed by atoms with Crippen LogP contribution in [0.2, 0.25) is 5.02 Å². The number of piperidine rings is 1. The number of anilines is 1. The number of nitrogens with zero attached hydrogens (tertiary/aromatic N) is 2. The Morgan fingerprint density at radius 2 is 1.90 bits per heavy atom. The zero-order valence-electron chi connectivity index (χ0n) is 12.6. The monoisotopic (exact) mass is 308 g/mol. The average Bonchev–Trinajstić information content (AvgIpc) is 2.46. The number of hydrogen-bond acceptors (Lipinski definition) is 2. The van der Waals surface area contributed by atoms with Crippen LogP contribution in [-0.2, 0) is 9.59 Å². The van der Waals surface area contributed by atoms with Crippen LogP contribution in [0.4, 0.5) is 5.69 Å². The molecule has 0 saturated carbocycles. The van der Waals surface area contributed by atoms with E-state index in [0.717, 1.165) is 37.2 Å². The normalized spacial score (nSPS) is 14.9. The van der Waals surface area contributed by atoms with Gasteiger partial charge in [0, 0.05) is 30.7 Å². The molecule has 1 aliphatic heterocycles. The van der Waals surface area contributed by atoms with Gasteiger partial charge in [-0.3, -0.25) is 9.59 Å². The lowest BCUT2D eigenvalue weighted by molar-refractivity contribution is -0.132. The van der Waals surface area contributed by atoms with Crippen LogP contribution in [0.25, 0.3) is 0 Å². The second-order valence-electron chi connectivity index (χ2n) is 5.48. The molecule has 0 atom stereocenters. The summed E-state index contributed by atoms with van der Waals surface area (Å²) < 4.78 is 0. The molecule has 114 valence electrons. The van der Waals surface area contributed by atoms with Gasteiger partial charge in [-0.15, -0.1) is 0 Å². The maximum atomic E-state index is 12.4. The van der Waals surface area contributed by atoms with Gasteiger partial charge in [-0.05, 0) is 49.9 Å². The van der Waals surface area contributed by atoms with Gasteiger partial charge in [-0.25, -0.2) is 0 Å². The summed E-state index contributed by atoms with van der Waals surface area (Å²) in [5, 5.41) is 0.627. The number of rotatable bonds is 3. The lowest BCUT2D eigenvalue weighted by Gasteiger charge is -2.30. The second-order valence-corrected chi connectivity index (χ2v) is 5.91. The van der Waals surface area contributed by atoms with Crippen molar-refractivity contribution in [2.24, 2.45) is 0 Å². The van der Waals surface area contributed by atoms with Crippen LogP contribution in [0, 0.1) is 6.92 Å². The first-order valence-electron chi connectivity index (χ1n) is 7.31. The molecule has 2 rings (SSSR count). The van der Waals surface area contributed by atoms with Crippen LogP contribution < -0.4 is 4.90 Å².